The lowest BCUT2D eigenvalue weighted by atomic mass is 10.5. The minimum absolute atomic E-state index is 0.249. The van der Waals surface area contributed by atoms with Crippen molar-refractivity contribution in [3.63, 3.8) is 0 Å². The minimum atomic E-state index is -0.628. The van der Waals surface area contributed by atoms with E-state index in [2.05, 4.69) is 10.2 Å². The fraction of sp³-hybridized carbons (Fsp3) is 0.143. The fourth-order valence-corrected chi connectivity index (χ4v) is 0.822. The second kappa shape index (κ2) is 5.15. The van der Waals surface area contributed by atoms with Crippen molar-refractivity contribution >= 4 is 29.0 Å². The van der Waals surface area contributed by atoms with Crippen molar-refractivity contribution in [2.75, 3.05) is 6.26 Å². The van der Waals surface area contributed by atoms with Crippen molar-refractivity contribution in [1.82, 2.24) is 0 Å². The first-order valence-electron chi connectivity index (χ1n) is 3.78. The third kappa shape index (κ3) is 3.43. The zero-order valence-electron chi connectivity index (χ0n) is 7.78. The Morgan fingerprint density at radius 2 is 2.47 bits per heavy atom. The number of nitrogens with zero attached hydrogens (tertiary/aromatic N) is 3. The van der Waals surface area contributed by atoms with Crippen LogP contribution < -0.4 is 5.73 Å². The van der Waals surface area contributed by atoms with Gasteiger partial charge < -0.3 is 10.2 Å². The molecule has 8 heteroatoms. The molecule has 0 amide bonds. The zero-order valence-corrected chi connectivity index (χ0v) is 8.60. The highest BCUT2D eigenvalue weighted by Gasteiger charge is 2.09. The molecule has 0 unspecified atom stereocenters. The number of furan rings is 1. The van der Waals surface area contributed by atoms with E-state index in [4.69, 9.17) is 10.2 Å². The average Bonchev–Trinajstić information content (AvgIpc) is 2.66. The predicted molar refractivity (Wildman–Crippen MR) is 58.1 cm³/mol. The molecule has 7 nitrogen and oxygen atoms in total. The van der Waals surface area contributed by atoms with Gasteiger partial charge in [0.1, 0.15) is 4.92 Å². The van der Waals surface area contributed by atoms with Crippen LogP contribution in [0.1, 0.15) is 5.76 Å². The summed E-state index contributed by atoms with van der Waals surface area (Å²) in [7, 11) is 0. The van der Waals surface area contributed by atoms with Gasteiger partial charge in [0.2, 0.25) is 0 Å². The van der Waals surface area contributed by atoms with Crippen molar-refractivity contribution in [2.45, 2.75) is 0 Å². The number of nitrogens with two attached hydrogens (primary N) is 1. The van der Waals surface area contributed by atoms with Crippen molar-refractivity contribution in [1.29, 1.82) is 0 Å². The van der Waals surface area contributed by atoms with Gasteiger partial charge in [0, 0.05) is 0 Å². The summed E-state index contributed by atoms with van der Waals surface area (Å²) >= 11 is 1.25. The molecule has 0 aromatic carbocycles. The van der Waals surface area contributed by atoms with Crippen LogP contribution in [-0.4, -0.2) is 22.6 Å². The lowest BCUT2D eigenvalue weighted by Crippen LogP contribution is -2.03. The zero-order chi connectivity index (χ0) is 11.3. The van der Waals surface area contributed by atoms with Gasteiger partial charge in [-0.05, 0) is 12.3 Å². The van der Waals surface area contributed by atoms with Gasteiger partial charge in [-0.25, -0.2) is 0 Å². The molecule has 2 N–H and O–H groups in total. The van der Waals surface area contributed by atoms with E-state index in [1.807, 2.05) is 0 Å². The number of rotatable bonds is 3. The van der Waals surface area contributed by atoms with Crippen molar-refractivity contribution in [3.8, 4) is 0 Å². The largest absolute Gasteiger partial charge is 0.433 e. The summed E-state index contributed by atoms with van der Waals surface area (Å²) in [4.78, 5) is 9.63. The summed E-state index contributed by atoms with van der Waals surface area (Å²) in [5.74, 6) is -0.0855. The molecule has 0 spiro atoms. The number of hydrogen-bond donors (Lipinski definition) is 1. The SMILES string of the molecule is CS/C(N)=N/N=C/c1ccc([N+](=O)[O-])o1. The molecule has 1 aromatic rings. The topological polar surface area (TPSA) is 107 Å². The minimum Gasteiger partial charge on any atom is -0.400 e. The lowest BCUT2D eigenvalue weighted by molar-refractivity contribution is -0.402. The van der Waals surface area contributed by atoms with Gasteiger partial charge in [-0.3, -0.25) is 10.1 Å². The first kappa shape index (κ1) is 11.2. The maximum Gasteiger partial charge on any atom is 0.433 e. The Morgan fingerprint density at radius 3 is 3.00 bits per heavy atom. The maximum absolute atomic E-state index is 10.3. The highest BCUT2D eigenvalue weighted by molar-refractivity contribution is 8.13. The third-order valence-corrected chi connectivity index (χ3v) is 1.84. The van der Waals surface area contributed by atoms with E-state index in [1.54, 1.807) is 6.26 Å². The molecule has 0 aliphatic rings. The van der Waals surface area contributed by atoms with Crippen LogP contribution in [0.5, 0.6) is 0 Å². The van der Waals surface area contributed by atoms with Gasteiger partial charge in [-0.1, -0.05) is 11.8 Å². The molecule has 0 saturated heterocycles. The van der Waals surface area contributed by atoms with Gasteiger partial charge in [0.25, 0.3) is 0 Å². The smallest absolute Gasteiger partial charge is 0.400 e. The molecule has 80 valence electrons. The molecular weight excluding hydrogens is 220 g/mol. The predicted octanol–water partition coefficient (Wildman–Crippen LogP) is 1.20. The Balaban J connectivity index is 2.69. The van der Waals surface area contributed by atoms with Crippen LogP contribution in [0.15, 0.2) is 26.8 Å². The van der Waals surface area contributed by atoms with Crippen LogP contribution in [0.4, 0.5) is 5.88 Å². The summed E-state index contributed by atoms with van der Waals surface area (Å²) in [6.07, 6.45) is 3.00. The average molecular weight is 228 g/mol. The van der Waals surface area contributed by atoms with Gasteiger partial charge >= 0.3 is 5.88 Å². The molecule has 0 atom stereocenters. The third-order valence-electron chi connectivity index (χ3n) is 1.34. The second-order valence-corrected chi connectivity index (χ2v) is 3.15. The number of amidine groups is 1. The van der Waals surface area contributed by atoms with E-state index in [-0.39, 0.29) is 11.6 Å². The normalized spacial score (nSPS) is 12.2. The number of thioether (sulfide) groups is 1. The van der Waals surface area contributed by atoms with Crippen molar-refractivity contribution in [3.05, 3.63) is 28.0 Å². The second-order valence-electron chi connectivity index (χ2n) is 2.32. The molecule has 1 rings (SSSR count). The summed E-state index contributed by atoms with van der Waals surface area (Å²) in [5.41, 5.74) is 5.35. The van der Waals surface area contributed by atoms with Gasteiger partial charge in [-0.2, -0.15) is 5.10 Å². The lowest BCUT2D eigenvalue weighted by Gasteiger charge is -1.86. The molecule has 0 radical (unpaired) electrons. The fourth-order valence-electron chi connectivity index (χ4n) is 0.693. The Bertz CT molecular complexity index is 412. The van der Waals surface area contributed by atoms with Crippen LogP contribution in [0.25, 0.3) is 0 Å². The molecule has 1 aromatic heterocycles. The van der Waals surface area contributed by atoms with Crippen LogP contribution in [0, 0.1) is 10.1 Å². The molecule has 0 aliphatic carbocycles. The van der Waals surface area contributed by atoms with E-state index in [1.165, 1.54) is 30.1 Å². The molecule has 0 fully saturated rings. The van der Waals surface area contributed by atoms with E-state index in [0.717, 1.165) is 0 Å². The van der Waals surface area contributed by atoms with Crippen LogP contribution >= 0.6 is 11.8 Å². The van der Waals surface area contributed by atoms with Gasteiger partial charge in [0.05, 0.1) is 12.3 Å². The Hall–Kier alpha value is -1.83. The molecule has 0 aliphatic heterocycles. The van der Waals surface area contributed by atoms with E-state index in [0.29, 0.717) is 5.17 Å². The van der Waals surface area contributed by atoms with Gasteiger partial charge in [-0.15, -0.1) is 5.10 Å². The summed E-state index contributed by atoms with van der Waals surface area (Å²) in [5, 5.41) is 17.7. The van der Waals surface area contributed by atoms with E-state index >= 15 is 0 Å². The molecule has 0 bridgehead atoms. The maximum atomic E-state index is 10.3. The van der Waals surface area contributed by atoms with E-state index < -0.39 is 4.92 Å². The Kier molecular flexibility index (Phi) is 3.86. The van der Waals surface area contributed by atoms with Gasteiger partial charge in [0.15, 0.2) is 10.9 Å². The Labute approximate surface area is 89.2 Å². The van der Waals surface area contributed by atoms with Crippen molar-refractivity contribution < 1.29 is 9.34 Å². The quantitative estimate of drug-likeness (QED) is 0.362. The summed E-state index contributed by atoms with van der Waals surface area (Å²) in [6.45, 7) is 0. The highest BCUT2D eigenvalue weighted by Crippen LogP contribution is 2.13. The Morgan fingerprint density at radius 1 is 1.73 bits per heavy atom. The van der Waals surface area contributed by atoms with Crippen LogP contribution in [-0.2, 0) is 0 Å². The number of hydrogen-bond acceptors (Lipinski definition) is 6. The highest BCUT2D eigenvalue weighted by atomic mass is 32.2. The molecule has 15 heavy (non-hydrogen) atoms. The summed E-state index contributed by atoms with van der Waals surface area (Å²) in [6, 6.07) is 2.66. The molecule has 1 heterocycles. The first-order chi connectivity index (χ1) is 7.13. The van der Waals surface area contributed by atoms with Crippen LogP contribution in [0.2, 0.25) is 0 Å². The monoisotopic (exact) mass is 228 g/mol. The molecular formula is C7H8N4O3S. The first-order valence-corrected chi connectivity index (χ1v) is 5.00. The number of nitro groups is 1. The van der Waals surface area contributed by atoms with E-state index in [9.17, 15) is 10.1 Å². The summed E-state index contributed by atoms with van der Waals surface area (Å²) < 4.78 is 4.80. The van der Waals surface area contributed by atoms with Crippen LogP contribution in [0.3, 0.4) is 0 Å². The van der Waals surface area contributed by atoms with Crippen molar-refractivity contribution in [2.24, 2.45) is 15.9 Å². The molecule has 0 saturated carbocycles. The standard InChI is InChI=1S/C7H8N4O3S/c1-15-7(8)10-9-4-5-2-3-6(14-5)11(12)13/h2-4H,1H3,(H2,8,10)/b9-4+.